The van der Waals surface area contributed by atoms with E-state index in [1.807, 2.05) is 38.1 Å². The number of hydrogen-bond acceptors (Lipinski definition) is 1. The second kappa shape index (κ2) is 6.46. The first-order chi connectivity index (χ1) is 9.47. The molecule has 106 valence electrons. The van der Waals surface area contributed by atoms with Gasteiger partial charge in [-0.15, -0.1) is 0 Å². The first kappa shape index (κ1) is 15.1. The van der Waals surface area contributed by atoms with Crippen molar-refractivity contribution in [3.8, 4) is 0 Å². The highest BCUT2D eigenvalue weighted by Gasteiger charge is 2.14. The summed E-state index contributed by atoms with van der Waals surface area (Å²) in [6.45, 7) is 3.88. The molecule has 1 N–H and O–H groups in total. The van der Waals surface area contributed by atoms with Crippen LogP contribution in [0.5, 0.6) is 0 Å². The molecule has 0 amide bonds. The van der Waals surface area contributed by atoms with E-state index in [-0.39, 0.29) is 12.1 Å². The van der Waals surface area contributed by atoms with Crippen molar-refractivity contribution in [1.29, 1.82) is 0 Å². The molecular formula is C16H16BrF2N. The minimum absolute atomic E-state index is 0.0718. The average molecular weight is 340 g/mol. The summed E-state index contributed by atoms with van der Waals surface area (Å²) in [4.78, 5) is 0. The molecule has 2 rings (SSSR count). The van der Waals surface area contributed by atoms with Gasteiger partial charge in [0.25, 0.3) is 0 Å². The lowest BCUT2D eigenvalue weighted by Crippen LogP contribution is -2.23. The van der Waals surface area contributed by atoms with Crippen LogP contribution in [0.4, 0.5) is 8.78 Å². The van der Waals surface area contributed by atoms with Gasteiger partial charge in [0.05, 0.1) is 0 Å². The molecule has 0 bridgehead atoms. The number of benzene rings is 2. The smallest absolute Gasteiger partial charge is 0.130 e. The van der Waals surface area contributed by atoms with E-state index in [0.29, 0.717) is 5.56 Å². The van der Waals surface area contributed by atoms with Gasteiger partial charge >= 0.3 is 0 Å². The van der Waals surface area contributed by atoms with Crippen molar-refractivity contribution in [3.63, 3.8) is 0 Å². The Labute approximate surface area is 126 Å². The maximum atomic E-state index is 13.7. The standard InChI is InChI=1S/C16H16BrF2N/c1-10(12-3-5-13(17)6-4-12)20-11(2)15-8-7-14(18)9-16(15)19/h3-11,20H,1-2H3/t10-,11?/m0/s1. The quantitative estimate of drug-likeness (QED) is 0.813. The fraction of sp³-hybridized carbons (Fsp3) is 0.250. The normalized spacial score (nSPS) is 14.1. The van der Waals surface area contributed by atoms with Gasteiger partial charge in [-0.3, -0.25) is 0 Å². The fourth-order valence-electron chi connectivity index (χ4n) is 2.17. The number of nitrogens with one attached hydrogen (secondary N) is 1. The summed E-state index contributed by atoms with van der Waals surface area (Å²) in [7, 11) is 0. The van der Waals surface area contributed by atoms with Gasteiger partial charge in [0, 0.05) is 28.2 Å². The van der Waals surface area contributed by atoms with Crippen LogP contribution in [0, 0.1) is 11.6 Å². The van der Waals surface area contributed by atoms with Crippen LogP contribution in [0.2, 0.25) is 0 Å². The Morgan fingerprint density at radius 3 is 2.20 bits per heavy atom. The van der Waals surface area contributed by atoms with E-state index in [0.717, 1.165) is 16.1 Å². The summed E-state index contributed by atoms with van der Waals surface area (Å²) in [6, 6.07) is 11.5. The fourth-order valence-corrected chi connectivity index (χ4v) is 2.43. The van der Waals surface area contributed by atoms with Crippen LogP contribution in [0.25, 0.3) is 0 Å². The third-order valence-electron chi connectivity index (χ3n) is 3.30. The summed E-state index contributed by atoms with van der Waals surface area (Å²) < 4.78 is 27.7. The summed E-state index contributed by atoms with van der Waals surface area (Å²) >= 11 is 3.39. The van der Waals surface area contributed by atoms with Crippen LogP contribution < -0.4 is 5.32 Å². The van der Waals surface area contributed by atoms with E-state index in [1.165, 1.54) is 12.1 Å². The van der Waals surface area contributed by atoms with Crippen LogP contribution in [0.3, 0.4) is 0 Å². The van der Waals surface area contributed by atoms with Crippen LogP contribution >= 0.6 is 15.9 Å². The minimum Gasteiger partial charge on any atom is -0.304 e. The number of halogens is 3. The summed E-state index contributed by atoms with van der Waals surface area (Å²) in [6.07, 6.45) is 0. The molecule has 0 saturated heterocycles. The Kier molecular flexibility index (Phi) is 4.89. The van der Waals surface area contributed by atoms with Gasteiger partial charge in [0.1, 0.15) is 11.6 Å². The largest absolute Gasteiger partial charge is 0.304 e. The molecule has 2 aromatic carbocycles. The van der Waals surface area contributed by atoms with E-state index >= 15 is 0 Å². The molecule has 2 atom stereocenters. The summed E-state index contributed by atoms with van der Waals surface area (Å²) in [5.74, 6) is -1.08. The Morgan fingerprint density at radius 2 is 1.60 bits per heavy atom. The van der Waals surface area contributed by atoms with E-state index in [9.17, 15) is 8.78 Å². The molecule has 0 fully saturated rings. The molecule has 2 aromatic rings. The lowest BCUT2D eigenvalue weighted by molar-refractivity contribution is 0.470. The summed E-state index contributed by atoms with van der Waals surface area (Å²) in [5, 5.41) is 3.31. The van der Waals surface area contributed by atoms with Crippen LogP contribution in [-0.4, -0.2) is 0 Å². The van der Waals surface area contributed by atoms with Crippen molar-refractivity contribution in [3.05, 3.63) is 69.7 Å². The zero-order valence-electron chi connectivity index (χ0n) is 11.3. The third-order valence-corrected chi connectivity index (χ3v) is 3.83. The predicted molar refractivity (Wildman–Crippen MR) is 80.5 cm³/mol. The summed E-state index contributed by atoms with van der Waals surface area (Å²) in [5.41, 5.74) is 1.58. The molecule has 1 unspecified atom stereocenters. The van der Waals surface area contributed by atoms with E-state index in [4.69, 9.17) is 0 Å². The van der Waals surface area contributed by atoms with Gasteiger partial charge in [-0.2, -0.15) is 0 Å². The Hall–Kier alpha value is -1.26. The first-order valence-corrected chi connectivity index (χ1v) is 7.23. The first-order valence-electron chi connectivity index (χ1n) is 6.44. The van der Waals surface area contributed by atoms with Crippen LogP contribution in [-0.2, 0) is 0 Å². The Balaban J connectivity index is 2.10. The van der Waals surface area contributed by atoms with E-state index in [1.54, 1.807) is 0 Å². The van der Waals surface area contributed by atoms with E-state index < -0.39 is 11.6 Å². The van der Waals surface area contributed by atoms with Gasteiger partial charge in [-0.25, -0.2) is 8.78 Å². The van der Waals surface area contributed by atoms with Crippen molar-refractivity contribution in [1.82, 2.24) is 5.32 Å². The maximum absolute atomic E-state index is 13.7. The molecule has 0 radical (unpaired) electrons. The molecule has 0 saturated carbocycles. The van der Waals surface area contributed by atoms with Crippen molar-refractivity contribution >= 4 is 15.9 Å². The SMILES string of the molecule is CC(N[C@@H](C)c1ccc(Br)cc1)c1ccc(F)cc1F. The van der Waals surface area contributed by atoms with E-state index in [2.05, 4.69) is 21.2 Å². The van der Waals surface area contributed by atoms with Gasteiger partial charge in [0.15, 0.2) is 0 Å². The molecule has 1 nitrogen and oxygen atoms in total. The third kappa shape index (κ3) is 3.64. The molecular weight excluding hydrogens is 324 g/mol. The average Bonchev–Trinajstić information content (AvgIpc) is 2.39. The second-order valence-corrected chi connectivity index (χ2v) is 5.74. The van der Waals surface area contributed by atoms with Gasteiger partial charge in [-0.1, -0.05) is 34.1 Å². The van der Waals surface area contributed by atoms with Crippen molar-refractivity contribution < 1.29 is 8.78 Å². The zero-order chi connectivity index (χ0) is 14.7. The highest BCUT2D eigenvalue weighted by atomic mass is 79.9. The molecule has 0 aromatic heterocycles. The van der Waals surface area contributed by atoms with Crippen LogP contribution in [0.15, 0.2) is 46.9 Å². The predicted octanol–water partition coefficient (Wildman–Crippen LogP) is 5.14. The molecule has 0 heterocycles. The molecule has 0 aliphatic rings. The van der Waals surface area contributed by atoms with Gasteiger partial charge in [-0.05, 0) is 37.6 Å². The minimum atomic E-state index is -0.556. The molecule has 0 aliphatic heterocycles. The highest BCUT2D eigenvalue weighted by Crippen LogP contribution is 2.23. The number of rotatable bonds is 4. The zero-order valence-corrected chi connectivity index (χ0v) is 12.9. The Bertz CT molecular complexity index is 584. The molecule has 20 heavy (non-hydrogen) atoms. The van der Waals surface area contributed by atoms with Gasteiger partial charge < -0.3 is 5.32 Å². The molecule has 0 aliphatic carbocycles. The van der Waals surface area contributed by atoms with Crippen molar-refractivity contribution in [2.75, 3.05) is 0 Å². The Morgan fingerprint density at radius 1 is 0.950 bits per heavy atom. The molecule has 4 heteroatoms. The number of hydrogen-bond donors (Lipinski definition) is 1. The molecule has 0 spiro atoms. The monoisotopic (exact) mass is 339 g/mol. The lowest BCUT2D eigenvalue weighted by Gasteiger charge is -2.21. The van der Waals surface area contributed by atoms with Crippen molar-refractivity contribution in [2.24, 2.45) is 0 Å². The van der Waals surface area contributed by atoms with Crippen LogP contribution in [0.1, 0.15) is 37.1 Å². The topological polar surface area (TPSA) is 12.0 Å². The second-order valence-electron chi connectivity index (χ2n) is 4.83. The van der Waals surface area contributed by atoms with Crippen molar-refractivity contribution in [2.45, 2.75) is 25.9 Å². The lowest BCUT2D eigenvalue weighted by atomic mass is 10.0. The maximum Gasteiger partial charge on any atom is 0.130 e. The highest BCUT2D eigenvalue weighted by molar-refractivity contribution is 9.10. The van der Waals surface area contributed by atoms with Gasteiger partial charge in [0.2, 0.25) is 0 Å².